The van der Waals surface area contributed by atoms with Gasteiger partial charge in [-0.25, -0.2) is 29.0 Å². The van der Waals surface area contributed by atoms with Crippen molar-refractivity contribution in [3.63, 3.8) is 0 Å². The minimum Gasteiger partial charge on any atom is -0.478 e. The Bertz CT molecular complexity index is 2090. The molecule has 0 bridgehead atoms. The molecule has 2 aromatic carbocycles. The van der Waals surface area contributed by atoms with E-state index in [1.165, 1.54) is 18.2 Å². The molecule has 0 aliphatic carbocycles. The number of sulfonamides is 1. The quantitative estimate of drug-likeness (QED) is 0.137. The van der Waals surface area contributed by atoms with Crippen LogP contribution in [0.2, 0.25) is 0 Å². The third-order valence-corrected chi connectivity index (χ3v) is 10.8. The number of aromatic nitrogens is 4. The second-order valence-corrected chi connectivity index (χ2v) is 17.6. The van der Waals surface area contributed by atoms with Gasteiger partial charge in [-0.3, -0.25) is 11.1 Å². The zero-order chi connectivity index (χ0) is 38.7. The molecule has 1 aliphatic heterocycles. The van der Waals surface area contributed by atoms with Crippen molar-refractivity contribution in [1.82, 2.24) is 25.3 Å². The van der Waals surface area contributed by atoms with E-state index >= 15 is 0 Å². The number of benzene rings is 2. The first kappa shape index (κ1) is 45.3. The van der Waals surface area contributed by atoms with Crippen LogP contribution in [-0.2, 0) is 10.0 Å². The molecule has 5 rings (SSSR count). The maximum atomic E-state index is 13.5. The summed E-state index contributed by atoms with van der Waals surface area (Å²) in [6.45, 7) is 19.1. The molecular formula is C42H54LiN6O5S-. The number of nitrogens with zero attached hydrogens (tertiary/aromatic N) is 4. The molecule has 1 fully saturated rings. The third kappa shape index (κ3) is 11.7. The second-order valence-electron chi connectivity index (χ2n) is 16.0. The fourth-order valence-electron chi connectivity index (χ4n) is 6.78. The monoisotopic (exact) mass is 761 g/mol. The molecule has 0 unspecified atom stereocenters. The van der Waals surface area contributed by atoms with Gasteiger partial charge < -0.3 is 27.6 Å². The van der Waals surface area contributed by atoms with Crippen molar-refractivity contribution in [2.45, 2.75) is 98.6 Å². The fourth-order valence-corrected chi connectivity index (χ4v) is 7.77. The van der Waals surface area contributed by atoms with Crippen LogP contribution in [-0.4, -0.2) is 52.1 Å². The normalized spacial score (nSPS) is 17.8. The standard InChI is InChI=1S/C41H51N6O5S.CH3.Li/c1-25-13-10-14-26(2)37(25)33-22-36(46-39(45-33)47-53(50,51)29-16-11-15-28(21-29)38(48)49)52-24-35-30(41(7,8)9)17-12-18-32(44-35)34-23-42-31(27(3)43-34)19-20-40(4,5)6;;/h10-11,13-16,19,21-23,30,32,35,44H,12,17-18,24H2,1-9H3,(H,48,49)(H,45,46,47);1H3;/q2*-1;+1/t30-,32+,35+;;/m1../s1. The number of carbonyl (C=O) groups is 1. The second kappa shape index (κ2) is 18.2. The molecule has 11 nitrogen and oxygen atoms in total. The van der Waals surface area contributed by atoms with E-state index in [1.807, 2.05) is 51.2 Å². The largest absolute Gasteiger partial charge is 1.00 e. The van der Waals surface area contributed by atoms with Gasteiger partial charge in [0.25, 0.3) is 10.0 Å². The molecule has 1 saturated heterocycles. The van der Waals surface area contributed by atoms with E-state index in [4.69, 9.17) is 14.7 Å². The number of ether oxygens (including phenoxy) is 1. The predicted octanol–water partition coefficient (Wildman–Crippen LogP) is 5.60. The van der Waals surface area contributed by atoms with E-state index in [2.05, 4.69) is 67.6 Å². The molecule has 13 heteroatoms. The van der Waals surface area contributed by atoms with Crippen LogP contribution >= 0.6 is 0 Å². The molecule has 1 aliphatic rings. The number of anilines is 1. The van der Waals surface area contributed by atoms with Gasteiger partial charge in [-0.15, -0.1) is 0 Å². The molecule has 4 aromatic rings. The molecule has 55 heavy (non-hydrogen) atoms. The Hall–Kier alpha value is -4.08. The van der Waals surface area contributed by atoms with Gasteiger partial charge in [0.15, 0.2) is 0 Å². The summed E-state index contributed by atoms with van der Waals surface area (Å²) in [7, 11) is -4.25. The molecule has 0 amide bonds. The molecule has 0 radical (unpaired) electrons. The van der Waals surface area contributed by atoms with Crippen LogP contribution in [0, 0.1) is 51.0 Å². The van der Waals surface area contributed by atoms with E-state index < -0.39 is 16.0 Å². The summed E-state index contributed by atoms with van der Waals surface area (Å²) >= 11 is 0. The number of carboxylic acid groups (broad SMARTS) is 1. The number of hydrogen-bond donors (Lipinski definition) is 3. The Morgan fingerprint density at radius 3 is 2.29 bits per heavy atom. The summed E-state index contributed by atoms with van der Waals surface area (Å²) < 4.78 is 36.0. The fraction of sp³-hybridized carbons (Fsp3) is 0.429. The van der Waals surface area contributed by atoms with Gasteiger partial charge in [0.05, 0.1) is 27.9 Å². The Balaban J connectivity index is 0.00000406. The van der Waals surface area contributed by atoms with Crippen molar-refractivity contribution < 1.29 is 41.9 Å². The Morgan fingerprint density at radius 1 is 1.00 bits per heavy atom. The van der Waals surface area contributed by atoms with E-state index in [9.17, 15) is 18.3 Å². The summed E-state index contributed by atoms with van der Waals surface area (Å²) in [6.07, 6.45) is 10.00. The van der Waals surface area contributed by atoms with E-state index in [0.717, 1.165) is 59.1 Å². The van der Waals surface area contributed by atoms with E-state index in [1.54, 1.807) is 6.07 Å². The van der Waals surface area contributed by atoms with Crippen molar-refractivity contribution in [2.24, 2.45) is 16.7 Å². The Labute approximate surface area is 339 Å². The van der Waals surface area contributed by atoms with Crippen LogP contribution in [0.4, 0.5) is 5.95 Å². The summed E-state index contributed by atoms with van der Waals surface area (Å²) in [6, 6.07) is 12.6. The zero-order valence-electron chi connectivity index (χ0n) is 34.1. The minimum absolute atomic E-state index is 0. The van der Waals surface area contributed by atoms with Crippen molar-refractivity contribution in [1.29, 1.82) is 0 Å². The van der Waals surface area contributed by atoms with Crippen LogP contribution < -0.4 is 33.6 Å². The molecule has 3 heterocycles. The summed E-state index contributed by atoms with van der Waals surface area (Å²) in [5, 5.41) is 13.3. The SMILES string of the molecule is Cc1cccc(C)c1-c1cc(OC[C@@H]2N[C@H](c3cnc(C=[C-]C(C)(C)C)c(C)n3)CCC[C@H]2C(C)(C)C)nc(NS(=O)(=O)c2cccc(C(=O)O)c2)n1.[CH3-].[Li+]. The first-order valence-corrected chi connectivity index (χ1v) is 19.4. The topological polar surface area (TPSA) is 156 Å². The molecule has 0 saturated carbocycles. The van der Waals surface area contributed by atoms with Crippen LogP contribution in [0.5, 0.6) is 5.88 Å². The van der Waals surface area contributed by atoms with Gasteiger partial charge >= 0.3 is 24.8 Å². The number of aryl methyl sites for hydroxylation is 3. The average Bonchev–Trinajstić information content (AvgIpc) is 3.29. The molecule has 3 atom stereocenters. The minimum atomic E-state index is -4.25. The molecule has 290 valence electrons. The van der Waals surface area contributed by atoms with Crippen molar-refractivity contribution in [3.05, 3.63) is 102 Å². The maximum absolute atomic E-state index is 13.5. The third-order valence-electron chi connectivity index (χ3n) is 9.49. The van der Waals surface area contributed by atoms with Crippen LogP contribution in [0.1, 0.15) is 105 Å². The van der Waals surface area contributed by atoms with E-state index in [-0.39, 0.29) is 84.0 Å². The molecule has 2 aromatic heterocycles. The predicted molar refractivity (Wildman–Crippen MR) is 213 cm³/mol. The number of carboxylic acids is 1. The van der Waals surface area contributed by atoms with Crippen LogP contribution in [0.3, 0.4) is 0 Å². The van der Waals surface area contributed by atoms with E-state index in [0.29, 0.717) is 5.69 Å². The smallest absolute Gasteiger partial charge is 0.478 e. The number of hydrogen-bond acceptors (Lipinski definition) is 9. The molecular weight excluding hydrogens is 708 g/mol. The van der Waals surface area contributed by atoms with Gasteiger partial charge in [0, 0.05) is 23.9 Å². The van der Waals surface area contributed by atoms with Crippen molar-refractivity contribution >= 4 is 28.0 Å². The van der Waals surface area contributed by atoms with Gasteiger partial charge in [-0.1, -0.05) is 83.3 Å². The van der Waals surface area contributed by atoms with Crippen molar-refractivity contribution in [2.75, 3.05) is 11.3 Å². The first-order chi connectivity index (χ1) is 24.8. The van der Waals surface area contributed by atoms with Gasteiger partial charge in [-0.2, -0.15) is 4.98 Å². The molecule has 3 N–H and O–H groups in total. The van der Waals surface area contributed by atoms with Crippen molar-refractivity contribution in [3.8, 4) is 17.1 Å². The Morgan fingerprint density at radius 2 is 1.67 bits per heavy atom. The first-order valence-electron chi connectivity index (χ1n) is 18.0. The van der Waals surface area contributed by atoms with Crippen LogP contribution in [0.15, 0.2) is 59.6 Å². The molecule has 0 spiro atoms. The zero-order valence-corrected chi connectivity index (χ0v) is 34.9. The average molecular weight is 762 g/mol. The van der Waals surface area contributed by atoms with Gasteiger partial charge in [0.1, 0.15) is 6.61 Å². The van der Waals surface area contributed by atoms with Gasteiger partial charge in [0.2, 0.25) is 11.8 Å². The van der Waals surface area contributed by atoms with Crippen LogP contribution in [0.25, 0.3) is 17.3 Å². The maximum Gasteiger partial charge on any atom is 1.00 e. The summed E-state index contributed by atoms with van der Waals surface area (Å²) in [4.78, 5) is 30.2. The number of rotatable bonds is 10. The number of nitrogens with one attached hydrogen (secondary N) is 2. The van der Waals surface area contributed by atoms with Gasteiger partial charge in [-0.05, 0) is 80.0 Å². The number of allylic oxidation sites excluding steroid dienone is 1. The summed E-state index contributed by atoms with van der Waals surface area (Å²) in [5.41, 5.74) is 5.45. The summed E-state index contributed by atoms with van der Waals surface area (Å²) in [5.74, 6) is -0.986. The number of aromatic carboxylic acids is 1. The Kier molecular flexibility index (Phi) is 15.0.